The third-order valence-corrected chi connectivity index (χ3v) is 6.64. The molecule has 1 N–H and O–H groups in total. The number of thioether (sulfide) groups is 1. The SMILES string of the molecule is COCCNC(=O)CSc1nnc(N2CCN(C(=O)c3ccc(OC)cc3)CC2)s1. The van der Waals surface area contributed by atoms with Crippen molar-refractivity contribution in [2.45, 2.75) is 4.34 Å². The number of carbonyl (C=O) groups is 2. The van der Waals surface area contributed by atoms with E-state index in [-0.39, 0.29) is 11.8 Å². The van der Waals surface area contributed by atoms with Gasteiger partial charge in [0.1, 0.15) is 5.75 Å². The second-order valence-electron chi connectivity index (χ2n) is 6.49. The summed E-state index contributed by atoms with van der Waals surface area (Å²) in [6, 6.07) is 7.16. The lowest BCUT2D eigenvalue weighted by molar-refractivity contribution is -0.118. The van der Waals surface area contributed by atoms with Crippen molar-refractivity contribution >= 4 is 40.0 Å². The molecule has 1 aliphatic rings. The molecule has 1 aliphatic heterocycles. The molecular formula is C19H25N5O4S2. The zero-order valence-electron chi connectivity index (χ0n) is 17.0. The molecule has 11 heteroatoms. The Balaban J connectivity index is 1.46. The van der Waals surface area contributed by atoms with Crippen molar-refractivity contribution in [2.75, 3.05) is 64.2 Å². The second kappa shape index (κ2) is 11.1. The van der Waals surface area contributed by atoms with E-state index in [1.807, 2.05) is 4.90 Å². The molecule has 0 unspecified atom stereocenters. The van der Waals surface area contributed by atoms with E-state index < -0.39 is 0 Å². The van der Waals surface area contributed by atoms with Crippen LogP contribution >= 0.6 is 23.1 Å². The van der Waals surface area contributed by atoms with Gasteiger partial charge in [-0.25, -0.2) is 0 Å². The monoisotopic (exact) mass is 451 g/mol. The molecule has 0 atom stereocenters. The van der Waals surface area contributed by atoms with Crippen LogP contribution in [0.3, 0.4) is 0 Å². The molecule has 1 fully saturated rings. The molecule has 1 aromatic heterocycles. The summed E-state index contributed by atoms with van der Waals surface area (Å²) in [6.45, 7) is 3.62. The molecule has 0 saturated carbocycles. The van der Waals surface area contributed by atoms with Gasteiger partial charge in [0.2, 0.25) is 11.0 Å². The molecule has 2 aromatic rings. The summed E-state index contributed by atoms with van der Waals surface area (Å²) in [5.74, 6) is 0.987. The molecule has 2 amide bonds. The summed E-state index contributed by atoms with van der Waals surface area (Å²) < 4.78 is 10.8. The average molecular weight is 452 g/mol. The van der Waals surface area contributed by atoms with E-state index >= 15 is 0 Å². The number of piperazine rings is 1. The number of nitrogens with one attached hydrogen (secondary N) is 1. The van der Waals surface area contributed by atoms with Crippen LogP contribution in [0.5, 0.6) is 5.75 Å². The Kier molecular flexibility index (Phi) is 8.29. The van der Waals surface area contributed by atoms with Gasteiger partial charge in [-0.2, -0.15) is 0 Å². The largest absolute Gasteiger partial charge is 0.497 e. The summed E-state index contributed by atoms with van der Waals surface area (Å²) in [4.78, 5) is 28.4. The van der Waals surface area contributed by atoms with Crippen LogP contribution in [0.25, 0.3) is 0 Å². The molecule has 3 rings (SSSR count). The first-order valence-corrected chi connectivity index (χ1v) is 11.3. The van der Waals surface area contributed by atoms with E-state index in [0.717, 1.165) is 15.2 Å². The van der Waals surface area contributed by atoms with Crippen LogP contribution in [0.15, 0.2) is 28.6 Å². The van der Waals surface area contributed by atoms with Gasteiger partial charge >= 0.3 is 0 Å². The van der Waals surface area contributed by atoms with Gasteiger partial charge in [0.25, 0.3) is 5.91 Å². The van der Waals surface area contributed by atoms with Gasteiger partial charge in [-0.3, -0.25) is 9.59 Å². The lowest BCUT2D eigenvalue weighted by Crippen LogP contribution is -2.48. The zero-order valence-corrected chi connectivity index (χ0v) is 18.6. The molecule has 0 radical (unpaired) electrons. The van der Waals surface area contributed by atoms with Gasteiger partial charge in [-0.05, 0) is 24.3 Å². The number of ether oxygens (including phenoxy) is 2. The lowest BCUT2D eigenvalue weighted by atomic mass is 10.1. The average Bonchev–Trinajstić information content (AvgIpc) is 3.27. The first-order valence-electron chi connectivity index (χ1n) is 9.51. The molecule has 162 valence electrons. The molecule has 1 saturated heterocycles. The zero-order chi connectivity index (χ0) is 21.3. The van der Waals surface area contributed by atoms with Crippen molar-refractivity contribution < 1.29 is 19.1 Å². The smallest absolute Gasteiger partial charge is 0.253 e. The number of methoxy groups -OCH3 is 2. The van der Waals surface area contributed by atoms with Crippen molar-refractivity contribution in [3.63, 3.8) is 0 Å². The predicted molar refractivity (Wildman–Crippen MR) is 117 cm³/mol. The van der Waals surface area contributed by atoms with E-state index in [4.69, 9.17) is 9.47 Å². The quantitative estimate of drug-likeness (QED) is 0.451. The van der Waals surface area contributed by atoms with Gasteiger partial charge in [0, 0.05) is 45.4 Å². The van der Waals surface area contributed by atoms with Gasteiger partial charge in [-0.15, -0.1) is 10.2 Å². The number of carbonyl (C=O) groups excluding carboxylic acids is 2. The Hall–Kier alpha value is -2.37. The number of amides is 2. The topological polar surface area (TPSA) is 96.9 Å². The Labute approximate surface area is 183 Å². The molecule has 1 aromatic carbocycles. The van der Waals surface area contributed by atoms with Crippen LogP contribution in [0.2, 0.25) is 0 Å². The first-order chi connectivity index (χ1) is 14.6. The maximum atomic E-state index is 12.7. The fraction of sp³-hybridized carbons (Fsp3) is 0.474. The third-order valence-electron chi connectivity index (χ3n) is 4.53. The van der Waals surface area contributed by atoms with E-state index in [9.17, 15) is 9.59 Å². The maximum absolute atomic E-state index is 12.7. The fourth-order valence-electron chi connectivity index (χ4n) is 2.88. The van der Waals surface area contributed by atoms with Crippen LogP contribution in [-0.4, -0.2) is 86.2 Å². The minimum atomic E-state index is -0.0561. The van der Waals surface area contributed by atoms with Crippen LogP contribution in [0.1, 0.15) is 10.4 Å². The summed E-state index contributed by atoms with van der Waals surface area (Å²) in [5, 5.41) is 12.0. The number of benzene rings is 1. The van der Waals surface area contributed by atoms with Crippen molar-refractivity contribution in [3.05, 3.63) is 29.8 Å². The summed E-state index contributed by atoms with van der Waals surface area (Å²) in [5.41, 5.74) is 0.655. The van der Waals surface area contributed by atoms with Gasteiger partial charge in [0.15, 0.2) is 4.34 Å². The fourth-order valence-corrected chi connectivity index (χ4v) is 4.60. The standard InChI is InChI=1S/C19H25N5O4S2/c1-27-12-7-20-16(25)13-29-19-22-21-18(30-19)24-10-8-23(9-11-24)17(26)14-3-5-15(28-2)6-4-14/h3-6H,7-13H2,1-2H3,(H,20,25). The van der Waals surface area contributed by atoms with Crippen molar-refractivity contribution in [1.82, 2.24) is 20.4 Å². The highest BCUT2D eigenvalue weighted by Gasteiger charge is 2.24. The van der Waals surface area contributed by atoms with Crippen molar-refractivity contribution in [2.24, 2.45) is 0 Å². The van der Waals surface area contributed by atoms with Crippen LogP contribution in [-0.2, 0) is 9.53 Å². The Morgan fingerprint density at radius 1 is 1.13 bits per heavy atom. The number of aromatic nitrogens is 2. The molecule has 0 bridgehead atoms. The number of nitrogens with zero attached hydrogens (tertiary/aromatic N) is 4. The van der Waals surface area contributed by atoms with E-state index in [0.29, 0.717) is 50.6 Å². The number of rotatable bonds is 9. The Morgan fingerprint density at radius 2 is 1.87 bits per heavy atom. The number of hydrogen-bond acceptors (Lipinski definition) is 9. The summed E-state index contributed by atoms with van der Waals surface area (Å²) in [7, 11) is 3.20. The van der Waals surface area contributed by atoms with Crippen molar-refractivity contribution in [1.29, 1.82) is 0 Å². The minimum Gasteiger partial charge on any atom is -0.497 e. The van der Waals surface area contributed by atoms with Gasteiger partial charge in [0.05, 0.1) is 19.5 Å². The van der Waals surface area contributed by atoms with Crippen molar-refractivity contribution in [3.8, 4) is 5.75 Å². The molecule has 2 heterocycles. The molecule has 0 aliphatic carbocycles. The van der Waals surface area contributed by atoms with Crippen LogP contribution < -0.4 is 15.0 Å². The normalized spacial score (nSPS) is 13.9. The van der Waals surface area contributed by atoms with Gasteiger partial charge in [-0.1, -0.05) is 23.1 Å². The highest BCUT2D eigenvalue weighted by Crippen LogP contribution is 2.28. The molecule has 30 heavy (non-hydrogen) atoms. The second-order valence-corrected chi connectivity index (χ2v) is 8.67. The van der Waals surface area contributed by atoms with E-state index in [1.54, 1.807) is 38.5 Å². The molecular weight excluding hydrogens is 426 g/mol. The maximum Gasteiger partial charge on any atom is 0.253 e. The highest BCUT2D eigenvalue weighted by molar-refractivity contribution is 8.01. The van der Waals surface area contributed by atoms with Gasteiger partial charge < -0.3 is 24.6 Å². The predicted octanol–water partition coefficient (Wildman–Crippen LogP) is 1.36. The minimum absolute atomic E-state index is 0.0188. The highest BCUT2D eigenvalue weighted by atomic mass is 32.2. The first kappa shape index (κ1) is 22.3. The number of hydrogen-bond donors (Lipinski definition) is 1. The van der Waals surface area contributed by atoms with Crippen LogP contribution in [0.4, 0.5) is 5.13 Å². The van der Waals surface area contributed by atoms with Crippen LogP contribution in [0, 0.1) is 0 Å². The summed E-state index contributed by atoms with van der Waals surface area (Å²) in [6.07, 6.45) is 0. The lowest BCUT2D eigenvalue weighted by Gasteiger charge is -2.34. The van der Waals surface area contributed by atoms with E-state index in [1.165, 1.54) is 23.1 Å². The number of anilines is 1. The van der Waals surface area contributed by atoms with E-state index in [2.05, 4.69) is 20.4 Å². The molecule has 9 nitrogen and oxygen atoms in total. The Morgan fingerprint density at radius 3 is 2.53 bits per heavy atom. The third kappa shape index (κ3) is 6.07. The molecule has 0 spiro atoms. The Bertz CT molecular complexity index is 838. The summed E-state index contributed by atoms with van der Waals surface area (Å²) >= 11 is 2.83.